The lowest BCUT2D eigenvalue weighted by atomic mass is 9.92. The average molecular weight is 559 g/mol. The van der Waals surface area contributed by atoms with Crippen molar-refractivity contribution in [2.75, 3.05) is 24.4 Å². The van der Waals surface area contributed by atoms with E-state index in [-0.39, 0.29) is 24.9 Å². The molecule has 1 aromatic heterocycles. The number of anilines is 3. The molecule has 1 aliphatic rings. The monoisotopic (exact) mass is 557 g/mol. The number of halogens is 3. The molecule has 0 atom stereocenters. The summed E-state index contributed by atoms with van der Waals surface area (Å²) in [7, 11) is 1.66. The summed E-state index contributed by atoms with van der Waals surface area (Å²) in [4.78, 5) is 17.6. The first-order chi connectivity index (χ1) is 17.5. The van der Waals surface area contributed by atoms with Crippen LogP contribution in [0.3, 0.4) is 0 Å². The number of nitrogens with zero attached hydrogens (tertiary/aromatic N) is 1. The predicted molar refractivity (Wildman–Crippen MR) is 152 cm³/mol. The largest absolute Gasteiger partial charge is 0.495 e. The maximum atomic E-state index is 12.6. The normalized spacial score (nSPS) is 12.3. The van der Waals surface area contributed by atoms with Crippen molar-refractivity contribution >= 4 is 69.5 Å². The van der Waals surface area contributed by atoms with Crippen LogP contribution in [-0.4, -0.2) is 24.6 Å². The van der Waals surface area contributed by atoms with Gasteiger partial charge in [-0.05, 0) is 79.8 Å². The summed E-state index contributed by atoms with van der Waals surface area (Å²) >= 11 is 12.1. The topological polar surface area (TPSA) is 72.5 Å². The van der Waals surface area contributed by atoms with Gasteiger partial charge in [-0.15, -0.1) is 12.4 Å². The Morgan fingerprint density at radius 1 is 1.00 bits per heavy atom. The second-order valence-corrected chi connectivity index (χ2v) is 9.43. The van der Waals surface area contributed by atoms with Crippen molar-refractivity contribution in [3.8, 4) is 11.5 Å². The number of ether oxygens (including phenoxy) is 2. The number of carbonyl (C=O) groups excluding carboxylic acids is 1. The lowest BCUT2D eigenvalue weighted by Crippen LogP contribution is -2.20. The summed E-state index contributed by atoms with van der Waals surface area (Å²) in [6, 6.07) is 18.4. The fraction of sp³-hybridized carbons (Fsp3) is 0.214. The van der Waals surface area contributed by atoms with Crippen LogP contribution in [0.4, 0.5) is 17.1 Å². The molecule has 3 aromatic carbocycles. The van der Waals surface area contributed by atoms with Gasteiger partial charge in [-0.2, -0.15) is 0 Å². The van der Waals surface area contributed by atoms with Crippen LogP contribution >= 0.6 is 35.6 Å². The van der Waals surface area contributed by atoms with Crippen LogP contribution < -0.4 is 20.1 Å². The van der Waals surface area contributed by atoms with Gasteiger partial charge in [0.1, 0.15) is 11.5 Å². The van der Waals surface area contributed by atoms with Gasteiger partial charge in [0.25, 0.3) is 5.91 Å². The molecule has 0 fully saturated rings. The fourth-order valence-electron chi connectivity index (χ4n) is 4.46. The number of amides is 1. The van der Waals surface area contributed by atoms with E-state index in [2.05, 4.69) is 10.6 Å². The molecule has 4 aromatic rings. The van der Waals surface area contributed by atoms with Crippen LogP contribution in [0, 0.1) is 0 Å². The summed E-state index contributed by atoms with van der Waals surface area (Å²) in [6.45, 7) is -0.186. The Bertz CT molecular complexity index is 1450. The first-order valence-electron chi connectivity index (χ1n) is 11.7. The molecule has 192 valence electrons. The molecule has 0 unspecified atom stereocenters. The highest BCUT2D eigenvalue weighted by Crippen LogP contribution is 2.38. The first kappa shape index (κ1) is 26.9. The Morgan fingerprint density at radius 3 is 2.62 bits per heavy atom. The van der Waals surface area contributed by atoms with Gasteiger partial charge < -0.3 is 20.1 Å². The van der Waals surface area contributed by atoms with Crippen molar-refractivity contribution in [3.05, 3.63) is 82.0 Å². The van der Waals surface area contributed by atoms with Gasteiger partial charge in [0, 0.05) is 21.8 Å². The molecule has 0 radical (unpaired) electrons. The van der Waals surface area contributed by atoms with Crippen molar-refractivity contribution in [2.45, 2.75) is 25.7 Å². The zero-order valence-corrected chi connectivity index (χ0v) is 22.5. The maximum Gasteiger partial charge on any atom is 0.262 e. The zero-order valence-electron chi connectivity index (χ0n) is 20.1. The molecular weight excluding hydrogens is 533 g/mol. The number of benzene rings is 3. The molecule has 0 bridgehead atoms. The molecule has 0 spiro atoms. The zero-order chi connectivity index (χ0) is 25.1. The minimum atomic E-state index is -0.300. The van der Waals surface area contributed by atoms with Crippen molar-refractivity contribution < 1.29 is 14.3 Å². The molecule has 2 N–H and O–H groups in total. The van der Waals surface area contributed by atoms with Gasteiger partial charge in [0.05, 0.1) is 29.0 Å². The van der Waals surface area contributed by atoms with E-state index in [1.165, 1.54) is 5.56 Å². The van der Waals surface area contributed by atoms with Gasteiger partial charge in [0.15, 0.2) is 6.61 Å². The van der Waals surface area contributed by atoms with Crippen LogP contribution in [0.1, 0.15) is 24.1 Å². The third-order valence-corrected chi connectivity index (χ3v) is 6.70. The Morgan fingerprint density at radius 2 is 1.81 bits per heavy atom. The number of nitrogens with one attached hydrogen (secondary N) is 2. The van der Waals surface area contributed by atoms with Crippen molar-refractivity contribution in [2.24, 2.45) is 0 Å². The molecule has 9 heteroatoms. The lowest BCUT2D eigenvalue weighted by Gasteiger charge is -2.23. The Hall–Kier alpha value is -3.19. The summed E-state index contributed by atoms with van der Waals surface area (Å²) in [6.07, 6.45) is 4.14. The fourth-order valence-corrected chi connectivity index (χ4v) is 4.92. The molecular formula is C28H26Cl3N3O3. The van der Waals surface area contributed by atoms with Crippen molar-refractivity contribution in [3.63, 3.8) is 0 Å². The van der Waals surface area contributed by atoms with E-state index in [0.717, 1.165) is 59.4 Å². The van der Waals surface area contributed by atoms with E-state index in [1.54, 1.807) is 25.3 Å². The molecule has 0 aliphatic heterocycles. The number of pyridine rings is 1. The standard InChI is InChI=1S/C28H25Cl2N3O3.ClH/c1-35-26-9-5-4-8-24(26)33-28-19-6-2-3-7-22(19)32-23-12-11-18(15-20(23)28)31-27(34)16-36-25-13-10-17(29)14-21(25)30;/h4-5,8-15H,2-3,6-7,16H2,1H3,(H,31,34)(H,32,33);1H. The van der Waals surface area contributed by atoms with Crippen molar-refractivity contribution in [1.82, 2.24) is 4.98 Å². The van der Waals surface area contributed by atoms with Crippen LogP contribution in [0.5, 0.6) is 11.5 Å². The van der Waals surface area contributed by atoms with E-state index in [1.807, 2.05) is 42.5 Å². The number of methoxy groups -OCH3 is 1. The number of aromatic nitrogens is 1. The van der Waals surface area contributed by atoms with E-state index < -0.39 is 0 Å². The van der Waals surface area contributed by atoms with Crippen LogP contribution in [-0.2, 0) is 17.6 Å². The molecule has 0 saturated carbocycles. The molecule has 1 amide bonds. The Balaban J connectivity index is 0.00000320. The second kappa shape index (κ2) is 11.9. The minimum Gasteiger partial charge on any atom is -0.495 e. The summed E-state index contributed by atoms with van der Waals surface area (Å²) in [5, 5.41) is 8.30. The molecule has 5 rings (SSSR count). The highest BCUT2D eigenvalue weighted by Gasteiger charge is 2.20. The van der Waals surface area contributed by atoms with Crippen LogP contribution in [0.2, 0.25) is 10.0 Å². The van der Waals surface area contributed by atoms with Crippen LogP contribution in [0.15, 0.2) is 60.7 Å². The van der Waals surface area contributed by atoms with E-state index in [0.29, 0.717) is 21.5 Å². The number of para-hydroxylation sites is 2. The third-order valence-electron chi connectivity index (χ3n) is 6.16. The number of hydrogen-bond donors (Lipinski definition) is 2. The third kappa shape index (κ3) is 6.04. The van der Waals surface area contributed by atoms with Gasteiger partial charge in [-0.3, -0.25) is 9.78 Å². The lowest BCUT2D eigenvalue weighted by molar-refractivity contribution is -0.118. The number of rotatable bonds is 7. The van der Waals surface area contributed by atoms with Gasteiger partial charge >= 0.3 is 0 Å². The SMILES string of the molecule is COc1ccccc1Nc1c2c(nc3ccc(NC(=O)COc4ccc(Cl)cc4Cl)cc13)CCCC2.Cl. The molecule has 1 heterocycles. The highest BCUT2D eigenvalue weighted by molar-refractivity contribution is 6.35. The second-order valence-electron chi connectivity index (χ2n) is 8.59. The predicted octanol–water partition coefficient (Wildman–Crippen LogP) is 7.61. The molecule has 1 aliphatic carbocycles. The average Bonchev–Trinajstić information content (AvgIpc) is 2.88. The summed E-state index contributed by atoms with van der Waals surface area (Å²) in [5.74, 6) is 0.855. The van der Waals surface area contributed by atoms with Crippen molar-refractivity contribution in [1.29, 1.82) is 0 Å². The molecule has 6 nitrogen and oxygen atoms in total. The Labute approximate surface area is 231 Å². The smallest absolute Gasteiger partial charge is 0.262 e. The Kier molecular flexibility index (Phi) is 8.64. The summed E-state index contributed by atoms with van der Waals surface area (Å²) in [5.41, 5.74) is 5.73. The van der Waals surface area contributed by atoms with E-state index in [4.69, 9.17) is 37.7 Å². The maximum absolute atomic E-state index is 12.6. The van der Waals surface area contributed by atoms with Gasteiger partial charge in [-0.25, -0.2) is 0 Å². The van der Waals surface area contributed by atoms with Crippen LogP contribution in [0.25, 0.3) is 10.9 Å². The van der Waals surface area contributed by atoms with Gasteiger partial charge in [-0.1, -0.05) is 35.3 Å². The summed E-state index contributed by atoms with van der Waals surface area (Å²) < 4.78 is 11.1. The molecule has 37 heavy (non-hydrogen) atoms. The quantitative estimate of drug-likeness (QED) is 0.244. The molecule has 0 saturated heterocycles. The number of aryl methyl sites for hydroxylation is 1. The van der Waals surface area contributed by atoms with Gasteiger partial charge in [0.2, 0.25) is 0 Å². The number of fused-ring (bicyclic) bond motifs is 2. The van der Waals surface area contributed by atoms with E-state index >= 15 is 0 Å². The number of carbonyl (C=O) groups is 1. The minimum absolute atomic E-state index is 0. The van der Waals surface area contributed by atoms with E-state index in [9.17, 15) is 4.79 Å². The number of hydrogen-bond acceptors (Lipinski definition) is 5. The highest BCUT2D eigenvalue weighted by atomic mass is 35.5. The first-order valence-corrected chi connectivity index (χ1v) is 12.5.